The van der Waals surface area contributed by atoms with E-state index in [2.05, 4.69) is 26.2 Å². The van der Waals surface area contributed by atoms with E-state index >= 15 is 0 Å². The average Bonchev–Trinajstić information content (AvgIpc) is 3.77. The second-order valence-corrected chi connectivity index (χ2v) is 10.5. The summed E-state index contributed by atoms with van der Waals surface area (Å²) in [6.07, 6.45) is 8.06. The number of hydrogen-bond acceptors (Lipinski definition) is 5. The number of aromatic nitrogens is 4. The van der Waals surface area contributed by atoms with Gasteiger partial charge in [-0.15, -0.1) is 0 Å². The molecule has 8 nitrogen and oxygen atoms in total. The summed E-state index contributed by atoms with van der Waals surface area (Å²) in [4.78, 5) is 36.4. The first kappa shape index (κ1) is 22.8. The first-order chi connectivity index (χ1) is 17.4. The highest BCUT2D eigenvalue weighted by Gasteiger charge is 2.62. The van der Waals surface area contributed by atoms with E-state index in [1.54, 1.807) is 19.1 Å². The van der Waals surface area contributed by atoms with Crippen LogP contribution in [0.15, 0.2) is 36.7 Å². The minimum absolute atomic E-state index is 0.186. The Hall–Kier alpha value is -3.62. The number of nitrogens with one attached hydrogen (secondary N) is 1. The van der Waals surface area contributed by atoms with Gasteiger partial charge in [0.2, 0.25) is 5.91 Å². The molecular formula is C27H29FN6O2. The summed E-state index contributed by atoms with van der Waals surface area (Å²) in [5, 5.41) is 7.03. The van der Waals surface area contributed by atoms with Crippen LogP contribution in [0.1, 0.15) is 65.5 Å². The number of carbonyl (C=O) groups excluding carboxylic acids is 2. The summed E-state index contributed by atoms with van der Waals surface area (Å²) in [7, 11) is 0. The van der Waals surface area contributed by atoms with Crippen LogP contribution in [-0.2, 0) is 11.2 Å². The van der Waals surface area contributed by atoms with E-state index in [1.165, 1.54) is 18.4 Å². The molecule has 186 valence electrons. The summed E-state index contributed by atoms with van der Waals surface area (Å²) in [6.45, 7) is 2.22. The van der Waals surface area contributed by atoms with Gasteiger partial charge in [0.1, 0.15) is 5.69 Å². The van der Waals surface area contributed by atoms with E-state index in [1.807, 2.05) is 17.2 Å². The number of pyridine rings is 2. The zero-order chi connectivity index (χ0) is 25.0. The highest BCUT2D eigenvalue weighted by molar-refractivity contribution is 5.94. The quantitative estimate of drug-likeness (QED) is 0.550. The first-order valence-corrected chi connectivity index (χ1v) is 12.6. The van der Waals surface area contributed by atoms with Gasteiger partial charge in [0.15, 0.2) is 5.82 Å². The first-order valence-electron chi connectivity index (χ1n) is 12.6. The molecule has 2 amide bonds. The number of piperidine rings is 1. The van der Waals surface area contributed by atoms with Crippen LogP contribution in [0, 0.1) is 24.6 Å². The van der Waals surface area contributed by atoms with Gasteiger partial charge in [0.05, 0.1) is 11.9 Å². The van der Waals surface area contributed by atoms with Gasteiger partial charge < -0.3 is 10.6 Å². The van der Waals surface area contributed by atoms with Gasteiger partial charge in [-0.2, -0.15) is 5.10 Å². The molecule has 1 saturated heterocycles. The Balaban J connectivity index is 1.27. The summed E-state index contributed by atoms with van der Waals surface area (Å²) in [5.74, 6) is -0.444. The highest BCUT2D eigenvalue weighted by atomic mass is 19.1. The number of halogens is 1. The number of primary amides is 1. The fourth-order valence-corrected chi connectivity index (χ4v) is 5.98. The molecule has 3 N–H and O–H groups in total. The maximum Gasteiger partial charge on any atom is 0.272 e. The molecule has 3 fully saturated rings. The van der Waals surface area contributed by atoms with E-state index in [-0.39, 0.29) is 23.7 Å². The maximum atomic E-state index is 14.4. The lowest BCUT2D eigenvalue weighted by Gasteiger charge is -2.40. The van der Waals surface area contributed by atoms with E-state index in [0.717, 1.165) is 24.7 Å². The Bertz CT molecular complexity index is 1350. The van der Waals surface area contributed by atoms with Gasteiger partial charge in [-0.3, -0.25) is 24.7 Å². The van der Waals surface area contributed by atoms with Crippen LogP contribution in [0.3, 0.4) is 0 Å². The van der Waals surface area contributed by atoms with Crippen LogP contribution in [0.25, 0.3) is 11.3 Å². The molecule has 3 atom stereocenters. The van der Waals surface area contributed by atoms with Gasteiger partial charge in [-0.05, 0) is 81.0 Å². The summed E-state index contributed by atoms with van der Waals surface area (Å²) < 4.78 is 14.4. The minimum Gasteiger partial charge on any atom is -0.369 e. The second-order valence-electron chi connectivity index (χ2n) is 10.5. The van der Waals surface area contributed by atoms with Crippen molar-refractivity contribution in [1.82, 2.24) is 25.1 Å². The third-order valence-corrected chi connectivity index (χ3v) is 8.14. The summed E-state index contributed by atoms with van der Waals surface area (Å²) in [5.41, 5.74) is 9.30. The topological polar surface area (TPSA) is 118 Å². The van der Waals surface area contributed by atoms with Gasteiger partial charge in [0, 0.05) is 41.1 Å². The fourth-order valence-electron chi connectivity index (χ4n) is 5.98. The average molecular weight is 489 g/mol. The van der Waals surface area contributed by atoms with Crippen LogP contribution in [0.5, 0.6) is 0 Å². The molecule has 3 aliphatic rings. The number of hydrogen-bond donors (Lipinski definition) is 2. The predicted octanol–water partition coefficient (Wildman–Crippen LogP) is 3.53. The predicted molar refractivity (Wildman–Crippen MR) is 130 cm³/mol. The lowest BCUT2D eigenvalue weighted by Crippen LogP contribution is -2.51. The van der Waals surface area contributed by atoms with E-state index in [4.69, 9.17) is 5.73 Å². The van der Waals surface area contributed by atoms with Crippen LogP contribution in [0.2, 0.25) is 0 Å². The zero-order valence-electron chi connectivity index (χ0n) is 20.2. The number of likely N-dealkylation sites (tertiary alicyclic amines) is 1. The van der Waals surface area contributed by atoms with E-state index in [9.17, 15) is 14.0 Å². The Morgan fingerprint density at radius 3 is 2.83 bits per heavy atom. The number of aromatic amines is 1. The minimum atomic E-state index is -0.492. The van der Waals surface area contributed by atoms with Crippen LogP contribution >= 0.6 is 0 Å². The number of H-pyrrole nitrogens is 1. The third kappa shape index (κ3) is 3.96. The number of aryl methyl sites for hydroxylation is 1. The molecule has 3 aromatic rings. The largest absolute Gasteiger partial charge is 0.369 e. The van der Waals surface area contributed by atoms with Crippen LogP contribution < -0.4 is 5.73 Å². The normalized spacial score (nSPS) is 25.2. The van der Waals surface area contributed by atoms with E-state index < -0.39 is 11.4 Å². The van der Waals surface area contributed by atoms with Crippen molar-refractivity contribution in [3.05, 3.63) is 65.1 Å². The van der Waals surface area contributed by atoms with Gasteiger partial charge in [0.25, 0.3) is 5.91 Å². The van der Waals surface area contributed by atoms with Crippen molar-refractivity contribution in [3.63, 3.8) is 0 Å². The molecule has 0 aromatic carbocycles. The number of carbonyl (C=O) groups is 2. The van der Waals surface area contributed by atoms with Crippen LogP contribution in [-0.4, -0.2) is 49.0 Å². The molecule has 0 radical (unpaired) electrons. The molecule has 3 aromatic heterocycles. The molecule has 4 heterocycles. The molecule has 9 heteroatoms. The second kappa shape index (κ2) is 8.50. The lowest BCUT2D eigenvalue weighted by atomic mass is 9.86. The fraction of sp³-hybridized carbons (Fsp3) is 0.444. The maximum absolute atomic E-state index is 14.4. The molecule has 6 rings (SSSR count). The third-order valence-electron chi connectivity index (χ3n) is 8.14. The van der Waals surface area contributed by atoms with Crippen molar-refractivity contribution in [3.8, 4) is 11.3 Å². The molecule has 36 heavy (non-hydrogen) atoms. The van der Waals surface area contributed by atoms with Crippen molar-refractivity contribution in [1.29, 1.82) is 0 Å². The molecular weight excluding hydrogens is 459 g/mol. The van der Waals surface area contributed by atoms with Crippen molar-refractivity contribution >= 4 is 11.8 Å². The number of rotatable bonds is 6. The van der Waals surface area contributed by atoms with E-state index in [0.29, 0.717) is 47.9 Å². The molecule has 0 bridgehead atoms. The summed E-state index contributed by atoms with van der Waals surface area (Å²) in [6, 6.07) is 7.36. The summed E-state index contributed by atoms with van der Waals surface area (Å²) >= 11 is 0. The SMILES string of the molecule is Cc1cc(-c2cc(C(=O)N3CCC(C(N)=O)CC34CC4Cc3ncccc3C3CC3)[nH]n2)c(F)cn1. The van der Waals surface area contributed by atoms with Crippen molar-refractivity contribution in [2.45, 2.75) is 56.9 Å². The van der Waals surface area contributed by atoms with Crippen LogP contribution in [0.4, 0.5) is 4.39 Å². The smallest absolute Gasteiger partial charge is 0.272 e. The Morgan fingerprint density at radius 2 is 2.06 bits per heavy atom. The standard InChI is InChI=1S/C27H29FN6O2/c1-15-9-20(21(28)14-31-15)23-11-24(33-32-23)26(36)34-8-6-17(25(29)35)12-27(34)13-18(27)10-22-19(16-4-5-16)3-2-7-30-22/h2-3,7,9,11,14,16-18H,4-6,8,10,12-13H2,1H3,(H2,29,35)(H,32,33). The van der Waals surface area contributed by atoms with Crippen molar-refractivity contribution < 1.29 is 14.0 Å². The monoisotopic (exact) mass is 488 g/mol. The number of nitrogens with two attached hydrogens (primary N) is 1. The zero-order valence-corrected chi connectivity index (χ0v) is 20.2. The number of nitrogens with zero attached hydrogens (tertiary/aromatic N) is 4. The van der Waals surface area contributed by atoms with Crippen molar-refractivity contribution in [2.24, 2.45) is 17.6 Å². The van der Waals surface area contributed by atoms with Gasteiger partial charge in [-0.1, -0.05) is 6.07 Å². The Kier molecular flexibility index (Phi) is 5.39. The molecule has 1 spiro atoms. The molecule has 2 saturated carbocycles. The molecule has 1 aliphatic heterocycles. The van der Waals surface area contributed by atoms with Gasteiger partial charge >= 0.3 is 0 Å². The van der Waals surface area contributed by atoms with Crippen molar-refractivity contribution in [2.75, 3.05) is 6.54 Å². The number of amides is 2. The molecule has 3 unspecified atom stereocenters. The Morgan fingerprint density at radius 1 is 1.22 bits per heavy atom. The molecule has 2 aliphatic carbocycles. The van der Waals surface area contributed by atoms with Gasteiger partial charge in [-0.25, -0.2) is 4.39 Å². The lowest BCUT2D eigenvalue weighted by molar-refractivity contribution is -0.124. The highest BCUT2D eigenvalue weighted by Crippen LogP contribution is 2.57. The Labute approximate surface area is 208 Å².